The summed E-state index contributed by atoms with van der Waals surface area (Å²) in [4.78, 5) is 52.2. The molecule has 0 radical (unpaired) electrons. The van der Waals surface area contributed by atoms with Gasteiger partial charge in [0.25, 0.3) is 11.8 Å². The van der Waals surface area contributed by atoms with E-state index in [-0.39, 0.29) is 29.9 Å². The summed E-state index contributed by atoms with van der Waals surface area (Å²) in [6.45, 7) is 1.74. The van der Waals surface area contributed by atoms with Crippen LogP contribution in [0.2, 0.25) is 10.0 Å². The van der Waals surface area contributed by atoms with Crippen LogP contribution in [0.25, 0.3) is 0 Å². The molecule has 1 atom stereocenters. The van der Waals surface area contributed by atoms with E-state index in [0.29, 0.717) is 34.1 Å². The molecule has 4 aromatic rings. The van der Waals surface area contributed by atoms with Gasteiger partial charge in [0.05, 0.1) is 34.7 Å². The smallest absolute Gasteiger partial charge is 0.270 e. The van der Waals surface area contributed by atoms with Crippen molar-refractivity contribution >= 4 is 52.6 Å². The highest BCUT2D eigenvalue weighted by molar-refractivity contribution is 6.35. The Morgan fingerprint density at radius 3 is 2.29 bits per heavy atom. The zero-order valence-corrected chi connectivity index (χ0v) is 25.7. The van der Waals surface area contributed by atoms with Gasteiger partial charge in [-0.15, -0.1) is 0 Å². The number of nitrogens with one attached hydrogen (secondary N) is 2. The summed E-state index contributed by atoms with van der Waals surface area (Å²) in [5, 5.41) is 16.0. The largest absolute Gasteiger partial charge is 0.343 e. The molecule has 2 aromatic carbocycles. The third-order valence-corrected chi connectivity index (χ3v) is 9.30. The Hall–Kier alpha value is -4.72. The normalized spacial score (nSPS) is 20.2. The first-order valence-corrected chi connectivity index (χ1v) is 15.3. The zero-order chi connectivity index (χ0) is 31.6. The highest BCUT2D eigenvalue weighted by atomic mass is 35.5. The Morgan fingerprint density at radius 2 is 1.69 bits per heavy atom. The molecule has 7 rings (SSSR count). The monoisotopic (exact) mass is 639 g/mol. The average molecular weight is 641 g/mol. The molecule has 2 fully saturated rings. The van der Waals surface area contributed by atoms with Crippen molar-refractivity contribution in [3.63, 3.8) is 0 Å². The minimum Gasteiger partial charge on any atom is -0.343 e. The van der Waals surface area contributed by atoms with E-state index in [1.165, 1.54) is 11.1 Å². The van der Waals surface area contributed by atoms with Crippen molar-refractivity contribution in [1.82, 2.24) is 25.2 Å². The molecule has 3 heterocycles. The summed E-state index contributed by atoms with van der Waals surface area (Å²) in [6.07, 6.45) is 5.83. The predicted octanol–water partition coefficient (Wildman–Crippen LogP) is 5.16. The Morgan fingerprint density at radius 1 is 0.978 bits per heavy atom. The number of nitriles is 1. The maximum atomic E-state index is 14.3. The Balaban J connectivity index is 1.22. The van der Waals surface area contributed by atoms with Crippen LogP contribution in [0, 0.1) is 11.3 Å². The fourth-order valence-corrected chi connectivity index (χ4v) is 6.61. The van der Waals surface area contributed by atoms with Crippen molar-refractivity contribution in [2.75, 3.05) is 4.90 Å². The number of hydrogen-bond acceptors (Lipinski definition) is 6. The maximum absolute atomic E-state index is 14.3. The van der Waals surface area contributed by atoms with E-state index in [9.17, 15) is 19.6 Å². The Bertz CT molecular complexity index is 1890. The molecule has 10 nitrogen and oxygen atoms in total. The summed E-state index contributed by atoms with van der Waals surface area (Å²) in [5.74, 6) is -0.894. The van der Waals surface area contributed by atoms with Gasteiger partial charge in [-0.25, -0.2) is 9.88 Å². The minimum absolute atomic E-state index is 0.134. The lowest BCUT2D eigenvalue weighted by molar-refractivity contribution is -0.125. The van der Waals surface area contributed by atoms with E-state index in [1.807, 2.05) is 18.2 Å². The highest BCUT2D eigenvalue weighted by Gasteiger charge is 2.57. The van der Waals surface area contributed by atoms with Crippen LogP contribution in [0.4, 0.5) is 11.6 Å². The van der Waals surface area contributed by atoms with E-state index < -0.39 is 22.5 Å². The number of rotatable bonds is 8. The molecule has 2 aliphatic carbocycles. The number of benzene rings is 2. The van der Waals surface area contributed by atoms with Crippen molar-refractivity contribution in [2.24, 2.45) is 0 Å². The Labute approximate surface area is 269 Å². The van der Waals surface area contributed by atoms with Crippen LogP contribution in [-0.2, 0) is 27.1 Å². The fourth-order valence-electron chi connectivity index (χ4n) is 6.09. The fraction of sp³-hybridized carbons (Fsp3) is 0.273. The number of amides is 3. The van der Waals surface area contributed by atoms with Crippen molar-refractivity contribution in [2.45, 2.75) is 55.6 Å². The molecule has 45 heavy (non-hydrogen) atoms. The Kier molecular flexibility index (Phi) is 6.73. The molecule has 3 aliphatic rings. The summed E-state index contributed by atoms with van der Waals surface area (Å²) in [5.41, 5.74) is -0.282. The van der Waals surface area contributed by atoms with Crippen molar-refractivity contribution < 1.29 is 14.4 Å². The SMILES string of the molecule is C[C@@]1(Cc2ccc(C#N)cc2)C(=O)N(c2cc(Cl)cc(Cl)c2)c2ncc(C(=O)NC3(C(=O)NC4(c5ccccn5)CC4)CC3)n21. The molecular weight excluding hydrogens is 613 g/mol. The van der Waals surface area contributed by atoms with Crippen molar-refractivity contribution in [3.05, 3.63) is 106 Å². The molecule has 226 valence electrons. The third-order valence-electron chi connectivity index (χ3n) is 8.87. The lowest BCUT2D eigenvalue weighted by Gasteiger charge is -2.27. The second-order valence-corrected chi connectivity index (χ2v) is 13.0. The molecule has 0 saturated heterocycles. The minimum atomic E-state index is -1.29. The standard InChI is InChI=1S/C33H27Cl2N7O3/c1-31(17-20-5-7-21(18-36)8-6-20)29(45)41(24-15-22(34)14-23(35)16-24)30-38-19-25(42(30)31)27(43)39-33(11-12-33)28(44)40-32(9-10-32)26-4-2-3-13-37-26/h2-8,13-16,19H,9-12,17H2,1H3,(H,39,43)(H,40,44)/t31-/m1/s1. The number of nitrogens with zero attached hydrogens (tertiary/aromatic N) is 5. The van der Waals surface area contributed by atoms with Gasteiger partial charge >= 0.3 is 0 Å². The van der Waals surface area contributed by atoms with Crippen LogP contribution in [0.15, 0.2) is 73.1 Å². The van der Waals surface area contributed by atoms with Crippen LogP contribution in [0.1, 0.15) is 59.9 Å². The molecule has 1 aliphatic heterocycles. The molecular formula is C33H27Cl2N7O3. The number of pyridine rings is 1. The molecule has 0 spiro atoms. The number of carbonyl (C=O) groups excluding carboxylic acids is 3. The first-order chi connectivity index (χ1) is 21.6. The lowest BCUT2D eigenvalue weighted by Crippen LogP contribution is -2.52. The van der Waals surface area contributed by atoms with E-state index in [4.69, 9.17) is 23.2 Å². The summed E-state index contributed by atoms with van der Waals surface area (Å²) in [7, 11) is 0. The number of aromatic nitrogens is 3. The molecule has 2 saturated carbocycles. The van der Waals surface area contributed by atoms with Gasteiger partial charge in [0.1, 0.15) is 16.8 Å². The van der Waals surface area contributed by atoms with Crippen LogP contribution in [-0.4, -0.2) is 37.8 Å². The van der Waals surface area contributed by atoms with E-state index in [2.05, 4.69) is 26.7 Å². The number of fused-ring (bicyclic) bond motifs is 1. The molecule has 3 amide bonds. The van der Waals surface area contributed by atoms with Crippen LogP contribution in [0.3, 0.4) is 0 Å². The molecule has 0 bridgehead atoms. The summed E-state index contributed by atoms with van der Waals surface area (Å²) >= 11 is 12.6. The van der Waals surface area contributed by atoms with Crippen LogP contribution < -0.4 is 15.5 Å². The quantitative estimate of drug-likeness (QED) is 0.274. The lowest BCUT2D eigenvalue weighted by atomic mass is 9.91. The van der Waals surface area contributed by atoms with Gasteiger partial charge in [0.2, 0.25) is 11.9 Å². The number of anilines is 2. The van der Waals surface area contributed by atoms with E-state index >= 15 is 0 Å². The zero-order valence-electron chi connectivity index (χ0n) is 24.2. The topological polar surface area (TPSA) is 133 Å². The number of hydrogen-bond donors (Lipinski definition) is 2. The van der Waals surface area contributed by atoms with E-state index in [1.54, 1.807) is 60.2 Å². The van der Waals surface area contributed by atoms with Gasteiger partial charge in [-0.1, -0.05) is 41.4 Å². The molecule has 2 aromatic heterocycles. The van der Waals surface area contributed by atoms with Gasteiger partial charge < -0.3 is 10.6 Å². The molecule has 2 N–H and O–H groups in total. The van der Waals surface area contributed by atoms with E-state index in [0.717, 1.165) is 24.1 Å². The average Bonchev–Trinajstić information content (AvgIpc) is 3.93. The second-order valence-electron chi connectivity index (χ2n) is 12.1. The van der Waals surface area contributed by atoms with Crippen molar-refractivity contribution in [1.29, 1.82) is 5.26 Å². The highest BCUT2D eigenvalue weighted by Crippen LogP contribution is 2.47. The molecule has 0 unspecified atom stereocenters. The first kappa shape index (κ1) is 29.0. The van der Waals surface area contributed by atoms with Gasteiger partial charge in [0.15, 0.2) is 0 Å². The number of carbonyl (C=O) groups is 3. The summed E-state index contributed by atoms with van der Waals surface area (Å²) in [6, 6.07) is 19.4. The first-order valence-electron chi connectivity index (χ1n) is 14.5. The van der Waals surface area contributed by atoms with Gasteiger partial charge in [-0.05, 0) is 80.6 Å². The van der Waals surface area contributed by atoms with Crippen LogP contribution in [0.5, 0.6) is 0 Å². The van der Waals surface area contributed by atoms with Gasteiger partial charge in [0, 0.05) is 22.7 Å². The summed E-state index contributed by atoms with van der Waals surface area (Å²) < 4.78 is 1.61. The molecule has 12 heteroatoms. The van der Waals surface area contributed by atoms with Crippen molar-refractivity contribution in [3.8, 4) is 6.07 Å². The maximum Gasteiger partial charge on any atom is 0.270 e. The van der Waals surface area contributed by atoms with Crippen LogP contribution >= 0.6 is 23.2 Å². The van der Waals surface area contributed by atoms with Gasteiger partial charge in [-0.2, -0.15) is 5.26 Å². The third kappa shape index (κ3) is 4.93. The second kappa shape index (κ2) is 10.4. The number of imidazole rings is 1. The number of halogens is 2. The predicted molar refractivity (Wildman–Crippen MR) is 167 cm³/mol. The van der Waals surface area contributed by atoms with Gasteiger partial charge in [-0.3, -0.25) is 23.9 Å².